The van der Waals surface area contributed by atoms with Crippen molar-refractivity contribution in [3.05, 3.63) is 35.1 Å². The van der Waals surface area contributed by atoms with Crippen molar-refractivity contribution < 1.29 is 13.2 Å². The second-order valence-electron chi connectivity index (χ2n) is 4.01. The Morgan fingerprint density at radius 1 is 1.14 bits per heavy atom. The highest BCUT2D eigenvalue weighted by Gasteiger charge is 2.19. The maximum absolute atomic E-state index is 13.1. The van der Waals surface area contributed by atoms with E-state index in [-0.39, 0.29) is 12.0 Å². The number of nitrogens with two attached hydrogens (primary N) is 1. The third-order valence-corrected chi connectivity index (χ3v) is 1.74. The summed E-state index contributed by atoms with van der Waals surface area (Å²) < 4.78 is 38.7. The minimum absolute atomic E-state index is 0.0327. The summed E-state index contributed by atoms with van der Waals surface area (Å²) in [5.74, 6) is -2.69. The molecule has 0 amide bonds. The molecule has 0 aliphatic heterocycles. The highest BCUT2D eigenvalue weighted by molar-refractivity contribution is 5.22. The normalized spacial score (nSPS) is 11.9. The predicted molar refractivity (Wildman–Crippen MR) is 48.3 cm³/mol. The Hall–Kier alpha value is -1.03. The van der Waals surface area contributed by atoms with Gasteiger partial charge in [0.05, 0.1) is 0 Å². The first-order valence-electron chi connectivity index (χ1n) is 4.22. The Bertz CT molecular complexity index is 319. The first-order valence-corrected chi connectivity index (χ1v) is 4.22. The number of halogens is 3. The highest BCUT2D eigenvalue weighted by atomic mass is 19.1. The largest absolute Gasteiger partial charge is 0.325 e. The van der Waals surface area contributed by atoms with Gasteiger partial charge in [0, 0.05) is 23.2 Å². The summed E-state index contributed by atoms with van der Waals surface area (Å²) in [4.78, 5) is 0. The number of hydrogen-bond acceptors (Lipinski definition) is 1. The molecule has 0 radical (unpaired) electrons. The van der Waals surface area contributed by atoms with Crippen molar-refractivity contribution in [3.8, 4) is 0 Å². The minimum Gasteiger partial charge on any atom is -0.325 e. The van der Waals surface area contributed by atoms with Crippen LogP contribution in [0.15, 0.2) is 12.1 Å². The number of hydrogen-bond donors (Lipinski definition) is 1. The summed E-state index contributed by atoms with van der Waals surface area (Å²) in [6, 6.07) is 1.31. The van der Waals surface area contributed by atoms with Crippen LogP contribution < -0.4 is 5.73 Å². The van der Waals surface area contributed by atoms with Gasteiger partial charge in [-0.05, 0) is 20.3 Å². The van der Waals surface area contributed by atoms with Gasteiger partial charge in [-0.3, -0.25) is 0 Å². The Balaban J connectivity index is 3.09. The van der Waals surface area contributed by atoms with Gasteiger partial charge in [-0.1, -0.05) is 0 Å². The maximum atomic E-state index is 13.1. The van der Waals surface area contributed by atoms with E-state index in [1.165, 1.54) is 0 Å². The second kappa shape index (κ2) is 3.61. The molecule has 0 spiro atoms. The fourth-order valence-corrected chi connectivity index (χ4v) is 1.20. The Kier molecular flexibility index (Phi) is 2.85. The van der Waals surface area contributed by atoms with Crippen molar-refractivity contribution >= 4 is 0 Å². The van der Waals surface area contributed by atoms with Crippen LogP contribution >= 0.6 is 0 Å². The van der Waals surface area contributed by atoms with Gasteiger partial charge >= 0.3 is 0 Å². The smallest absolute Gasteiger partial charge is 0.132 e. The third kappa shape index (κ3) is 2.73. The lowest BCUT2D eigenvalue weighted by atomic mass is 9.95. The first-order chi connectivity index (χ1) is 6.29. The molecular formula is C10H12F3N. The molecule has 1 nitrogen and oxygen atoms in total. The topological polar surface area (TPSA) is 26.0 Å². The fraction of sp³-hybridized carbons (Fsp3) is 0.400. The molecule has 0 saturated heterocycles. The standard InChI is InChI=1S/C10H12F3N/c1-10(2,14)5-7-8(12)3-6(11)4-9(7)13/h3-4H,5,14H2,1-2H3. The maximum Gasteiger partial charge on any atom is 0.132 e. The molecule has 0 aliphatic rings. The molecule has 1 aromatic carbocycles. The zero-order valence-electron chi connectivity index (χ0n) is 8.07. The van der Waals surface area contributed by atoms with E-state index in [1.807, 2.05) is 0 Å². The van der Waals surface area contributed by atoms with Crippen LogP contribution in [0.25, 0.3) is 0 Å². The fourth-order valence-electron chi connectivity index (χ4n) is 1.20. The van der Waals surface area contributed by atoms with Crippen LogP contribution in [0.4, 0.5) is 13.2 Å². The van der Waals surface area contributed by atoms with Crippen molar-refractivity contribution in [3.63, 3.8) is 0 Å². The Morgan fingerprint density at radius 2 is 1.57 bits per heavy atom. The lowest BCUT2D eigenvalue weighted by Crippen LogP contribution is -2.35. The summed E-state index contributed by atoms with van der Waals surface area (Å²) in [6.07, 6.45) is 0.0327. The molecule has 1 aromatic rings. The van der Waals surface area contributed by atoms with Gasteiger partial charge in [-0.2, -0.15) is 0 Å². The molecular weight excluding hydrogens is 191 g/mol. The molecule has 78 valence electrons. The van der Waals surface area contributed by atoms with Crippen LogP contribution in [0.3, 0.4) is 0 Å². The summed E-state index contributed by atoms with van der Waals surface area (Å²) in [6.45, 7) is 3.30. The average Bonchev–Trinajstić information content (AvgIpc) is 1.95. The molecule has 0 heterocycles. The van der Waals surface area contributed by atoms with Crippen molar-refractivity contribution in [1.82, 2.24) is 0 Å². The molecule has 0 aromatic heterocycles. The van der Waals surface area contributed by atoms with E-state index < -0.39 is 23.0 Å². The van der Waals surface area contributed by atoms with Gasteiger partial charge < -0.3 is 5.73 Å². The van der Waals surface area contributed by atoms with E-state index >= 15 is 0 Å². The molecule has 14 heavy (non-hydrogen) atoms. The van der Waals surface area contributed by atoms with Crippen LogP contribution in [0.2, 0.25) is 0 Å². The molecule has 0 atom stereocenters. The zero-order valence-corrected chi connectivity index (χ0v) is 8.07. The van der Waals surface area contributed by atoms with Gasteiger partial charge in [0.2, 0.25) is 0 Å². The quantitative estimate of drug-likeness (QED) is 0.784. The summed E-state index contributed by atoms with van der Waals surface area (Å²) in [7, 11) is 0. The van der Waals surface area contributed by atoms with Gasteiger partial charge in [-0.15, -0.1) is 0 Å². The van der Waals surface area contributed by atoms with Crippen LogP contribution in [0.5, 0.6) is 0 Å². The van der Waals surface area contributed by atoms with Crippen molar-refractivity contribution in [2.24, 2.45) is 5.73 Å². The monoisotopic (exact) mass is 203 g/mol. The van der Waals surface area contributed by atoms with Crippen LogP contribution in [-0.2, 0) is 6.42 Å². The molecule has 4 heteroatoms. The Labute approximate surface area is 80.7 Å². The first kappa shape index (κ1) is 11.0. The van der Waals surface area contributed by atoms with Crippen molar-refractivity contribution in [2.45, 2.75) is 25.8 Å². The molecule has 0 unspecified atom stereocenters. The van der Waals surface area contributed by atoms with E-state index in [9.17, 15) is 13.2 Å². The molecule has 0 saturated carbocycles. The van der Waals surface area contributed by atoms with Crippen molar-refractivity contribution in [2.75, 3.05) is 0 Å². The van der Waals surface area contributed by atoms with Crippen molar-refractivity contribution in [1.29, 1.82) is 0 Å². The predicted octanol–water partition coefficient (Wildman–Crippen LogP) is 2.38. The highest BCUT2D eigenvalue weighted by Crippen LogP contribution is 2.19. The summed E-state index contributed by atoms with van der Waals surface area (Å²) in [5, 5.41) is 0. The SMILES string of the molecule is CC(C)(N)Cc1c(F)cc(F)cc1F. The minimum atomic E-state index is -0.918. The molecule has 1 rings (SSSR count). The van der Waals surface area contributed by atoms with E-state index in [4.69, 9.17) is 5.73 Å². The van der Waals surface area contributed by atoms with Crippen LogP contribution in [0, 0.1) is 17.5 Å². The van der Waals surface area contributed by atoms with E-state index in [1.54, 1.807) is 13.8 Å². The second-order valence-corrected chi connectivity index (χ2v) is 4.01. The van der Waals surface area contributed by atoms with Gasteiger partial charge in [0.25, 0.3) is 0 Å². The van der Waals surface area contributed by atoms with Crippen LogP contribution in [-0.4, -0.2) is 5.54 Å². The van der Waals surface area contributed by atoms with Gasteiger partial charge in [0.1, 0.15) is 17.5 Å². The summed E-state index contributed by atoms with van der Waals surface area (Å²) in [5.41, 5.74) is 4.73. The number of benzene rings is 1. The molecule has 2 N–H and O–H groups in total. The molecule has 0 bridgehead atoms. The zero-order chi connectivity index (χ0) is 10.9. The Morgan fingerprint density at radius 3 is 1.93 bits per heavy atom. The average molecular weight is 203 g/mol. The van der Waals surface area contributed by atoms with Gasteiger partial charge in [-0.25, -0.2) is 13.2 Å². The van der Waals surface area contributed by atoms with E-state index in [0.717, 1.165) is 0 Å². The lowest BCUT2D eigenvalue weighted by Gasteiger charge is -2.19. The lowest BCUT2D eigenvalue weighted by molar-refractivity contribution is 0.464. The van der Waals surface area contributed by atoms with E-state index in [2.05, 4.69) is 0 Å². The molecule has 0 aliphatic carbocycles. The number of rotatable bonds is 2. The van der Waals surface area contributed by atoms with Crippen LogP contribution in [0.1, 0.15) is 19.4 Å². The van der Waals surface area contributed by atoms with Gasteiger partial charge in [0.15, 0.2) is 0 Å². The molecule has 0 fully saturated rings. The summed E-state index contributed by atoms with van der Waals surface area (Å²) >= 11 is 0. The third-order valence-electron chi connectivity index (χ3n) is 1.74. The van der Waals surface area contributed by atoms with E-state index in [0.29, 0.717) is 12.1 Å².